The molecule has 0 spiro atoms. The second-order valence-electron chi connectivity index (χ2n) is 9.99. The number of fused-ring (bicyclic) bond motifs is 1. The summed E-state index contributed by atoms with van der Waals surface area (Å²) in [6.07, 6.45) is 6.62. The fraction of sp³-hybridized carbons (Fsp3) is 0.556. The molecule has 7 heteroatoms. The Morgan fingerprint density at radius 2 is 1.94 bits per heavy atom. The Labute approximate surface area is 207 Å². The lowest BCUT2D eigenvalue weighted by atomic mass is 9.93. The summed E-state index contributed by atoms with van der Waals surface area (Å²) in [7, 11) is 0. The zero-order valence-corrected chi connectivity index (χ0v) is 21.1. The van der Waals surface area contributed by atoms with Gasteiger partial charge in [0.2, 0.25) is 0 Å². The second-order valence-corrected chi connectivity index (χ2v) is 10.4. The molecule has 0 bridgehead atoms. The van der Waals surface area contributed by atoms with E-state index in [9.17, 15) is 0 Å². The van der Waals surface area contributed by atoms with Gasteiger partial charge >= 0.3 is 0 Å². The number of piperidine rings is 1. The van der Waals surface area contributed by atoms with Crippen LogP contribution in [0.1, 0.15) is 61.0 Å². The smallest absolute Gasteiger partial charge is 0.159 e. The van der Waals surface area contributed by atoms with Gasteiger partial charge in [0.1, 0.15) is 0 Å². The summed E-state index contributed by atoms with van der Waals surface area (Å²) >= 11 is 6.07. The highest BCUT2D eigenvalue weighted by molar-refractivity contribution is 6.30. The van der Waals surface area contributed by atoms with E-state index in [1.54, 1.807) is 0 Å². The van der Waals surface area contributed by atoms with Crippen LogP contribution in [-0.4, -0.2) is 51.8 Å². The molecule has 0 amide bonds. The van der Waals surface area contributed by atoms with E-state index in [4.69, 9.17) is 26.4 Å². The van der Waals surface area contributed by atoms with Crippen LogP contribution >= 0.6 is 11.6 Å². The Bertz CT molecular complexity index is 1090. The molecule has 0 radical (unpaired) electrons. The molecule has 182 valence electrons. The molecule has 2 aliphatic heterocycles. The van der Waals surface area contributed by atoms with E-state index in [-0.39, 0.29) is 0 Å². The standard InChI is InChI=1S/C27H36ClN5O/c1-19(22-10-14-34-15-11-22)30-16-25-20(2)31-33-26(9-12-29-27(25)33)23-4-3-13-32(18-23)17-21-5-7-24(28)8-6-21/h5-9,12,19,22-23,30H,3-4,10-11,13-18H2,1-2H3/t19-,23?/m0/s1. The summed E-state index contributed by atoms with van der Waals surface area (Å²) in [6.45, 7) is 10.1. The minimum atomic E-state index is 0.452. The van der Waals surface area contributed by atoms with Crippen LogP contribution in [0.5, 0.6) is 0 Å². The molecule has 1 aromatic carbocycles. The van der Waals surface area contributed by atoms with E-state index in [0.717, 1.165) is 68.6 Å². The number of hydrogen-bond donors (Lipinski definition) is 1. The van der Waals surface area contributed by atoms with Crippen molar-refractivity contribution < 1.29 is 4.74 Å². The zero-order chi connectivity index (χ0) is 23.5. The van der Waals surface area contributed by atoms with Crippen LogP contribution < -0.4 is 5.32 Å². The molecular formula is C27H36ClN5O. The molecule has 5 rings (SSSR count). The number of aryl methyl sites for hydroxylation is 1. The van der Waals surface area contributed by atoms with Crippen LogP contribution in [0.25, 0.3) is 5.65 Å². The van der Waals surface area contributed by atoms with E-state index >= 15 is 0 Å². The lowest BCUT2D eigenvalue weighted by Crippen LogP contribution is -2.36. The average molecular weight is 482 g/mol. The summed E-state index contributed by atoms with van der Waals surface area (Å²) in [5, 5.41) is 9.51. The summed E-state index contributed by atoms with van der Waals surface area (Å²) in [4.78, 5) is 7.31. The van der Waals surface area contributed by atoms with E-state index in [0.29, 0.717) is 17.9 Å². The SMILES string of the molecule is Cc1nn2c(C3CCCN(Cc4ccc(Cl)cc4)C3)ccnc2c1CN[C@@H](C)C1CCOCC1. The molecule has 34 heavy (non-hydrogen) atoms. The van der Waals surface area contributed by atoms with Crippen molar-refractivity contribution in [3.8, 4) is 0 Å². The molecule has 1 N–H and O–H groups in total. The van der Waals surface area contributed by atoms with Gasteiger partial charge in [-0.2, -0.15) is 5.10 Å². The van der Waals surface area contributed by atoms with Crippen LogP contribution in [0, 0.1) is 12.8 Å². The number of ether oxygens (including phenoxy) is 1. The van der Waals surface area contributed by atoms with Crippen LogP contribution in [-0.2, 0) is 17.8 Å². The van der Waals surface area contributed by atoms with Crippen LogP contribution in [0.3, 0.4) is 0 Å². The predicted molar refractivity (Wildman–Crippen MR) is 136 cm³/mol. The van der Waals surface area contributed by atoms with Crippen molar-refractivity contribution in [2.24, 2.45) is 5.92 Å². The lowest BCUT2D eigenvalue weighted by Gasteiger charge is -2.33. The highest BCUT2D eigenvalue weighted by Crippen LogP contribution is 2.29. The third-order valence-electron chi connectivity index (χ3n) is 7.66. The molecule has 2 fully saturated rings. The monoisotopic (exact) mass is 481 g/mol. The van der Waals surface area contributed by atoms with Crippen molar-refractivity contribution in [2.45, 2.75) is 64.6 Å². The van der Waals surface area contributed by atoms with E-state index in [2.05, 4.69) is 46.8 Å². The quantitative estimate of drug-likeness (QED) is 0.516. The van der Waals surface area contributed by atoms with E-state index in [1.165, 1.54) is 29.7 Å². The maximum atomic E-state index is 6.07. The topological polar surface area (TPSA) is 54.7 Å². The van der Waals surface area contributed by atoms with E-state index in [1.807, 2.05) is 18.3 Å². The van der Waals surface area contributed by atoms with Crippen molar-refractivity contribution in [3.63, 3.8) is 0 Å². The van der Waals surface area contributed by atoms with Gasteiger partial charge in [0.05, 0.1) is 11.4 Å². The van der Waals surface area contributed by atoms with Gasteiger partial charge in [0, 0.05) is 61.6 Å². The first kappa shape index (κ1) is 23.7. The molecule has 2 aliphatic rings. The number of nitrogens with one attached hydrogen (secondary N) is 1. The van der Waals surface area contributed by atoms with Crippen LogP contribution in [0.4, 0.5) is 0 Å². The van der Waals surface area contributed by atoms with Crippen molar-refractivity contribution in [1.29, 1.82) is 0 Å². The predicted octanol–water partition coefficient (Wildman–Crippen LogP) is 4.98. The van der Waals surface area contributed by atoms with Gasteiger partial charge < -0.3 is 10.1 Å². The first-order valence-electron chi connectivity index (χ1n) is 12.7. The van der Waals surface area contributed by atoms with Crippen molar-refractivity contribution in [3.05, 3.63) is 64.1 Å². The Morgan fingerprint density at radius 3 is 2.74 bits per heavy atom. The molecule has 3 aromatic rings. The fourth-order valence-electron chi connectivity index (χ4n) is 5.56. The molecule has 2 saturated heterocycles. The van der Waals surface area contributed by atoms with Gasteiger partial charge in [0.25, 0.3) is 0 Å². The molecular weight excluding hydrogens is 446 g/mol. The largest absolute Gasteiger partial charge is 0.381 e. The number of hydrogen-bond acceptors (Lipinski definition) is 5. The zero-order valence-electron chi connectivity index (χ0n) is 20.3. The first-order valence-corrected chi connectivity index (χ1v) is 13.1. The Balaban J connectivity index is 1.30. The molecule has 6 nitrogen and oxygen atoms in total. The van der Waals surface area contributed by atoms with Gasteiger partial charge in [-0.1, -0.05) is 23.7 Å². The van der Waals surface area contributed by atoms with Crippen LogP contribution in [0.15, 0.2) is 36.5 Å². The fourth-order valence-corrected chi connectivity index (χ4v) is 5.69. The molecule has 2 atom stereocenters. The first-order chi connectivity index (χ1) is 16.6. The maximum Gasteiger partial charge on any atom is 0.159 e. The maximum absolute atomic E-state index is 6.07. The lowest BCUT2D eigenvalue weighted by molar-refractivity contribution is 0.0558. The number of benzene rings is 1. The Morgan fingerprint density at radius 1 is 1.15 bits per heavy atom. The summed E-state index contributed by atoms with van der Waals surface area (Å²) < 4.78 is 7.65. The van der Waals surface area contributed by atoms with Gasteiger partial charge in [-0.05, 0) is 75.8 Å². The number of halogens is 1. The highest BCUT2D eigenvalue weighted by atomic mass is 35.5. The highest BCUT2D eigenvalue weighted by Gasteiger charge is 2.26. The van der Waals surface area contributed by atoms with Crippen LogP contribution in [0.2, 0.25) is 5.02 Å². The number of nitrogens with zero attached hydrogens (tertiary/aromatic N) is 4. The summed E-state index contributed by atoms with van der Waals surface area (Å²) in [6, 6.07) is 10.9. The third-order valence-corrected chi connectivity index (χ3v) is 7.91. The molecule has 0 saturated carbocycles. The summed E-state index contributed by atoms with van der Waals surface area (Å²) in [5.74, 6) is 1.13. The average Bonchev–Trinajstić information content (AvgIpc) is 3.19. The van der Waals surface area contributed by atoms with Gasteiger partial charge in [-0.15, -0.1) is 0 Å². The van der Waals surface area contributed by atoms with Gasteiger partial charge in [-0.25, -0.2) is 9.50 Å². The number of aromatic nitrogens is 3. The Kier molecular flexibility index (Phi) is 7.49. The number of likely N-dealkylation sites (tertiary alicyclic amines) is 1. The minimum Gasteiger partial charge on any atom is -0.381 e. The second kappa shape index (κ2) is 10.7. The van der Waals surface area contributed by atoms with Crippen molar-refractivity contribution in [1.82, 2.24) is 24.8 Å². The minimum absolute atomic E-state index is 0.452. The molecule has 1 unspecified atom stereocenters. The molecule has 0 aliphatic carbocycles. The van der Waals surface area contributed by atoms with Gasteiger partial charge in [0.15, 0.2) is 5.65 Å². The molecule has 2 aromatic heterocycles. The molecule has 4 heterocycles. The number of rotatable bonds is 7. The van der Waals surface area contributed by atoms with Crippen molar-refractivity contribution >= 4 is 17.2 Å². The normalized spacial score (nSPS) is 21.2. The van der Waals surface area contributed by atoms with Gasteiger partial charge in [-0.3, -0.25) is 4.90 Å². The Hall–Kier alpha value is -1.99. The summed E-state index contributed by atoms with van der Waals surface area (Å²) in [5.41, 5.74) is 5.87. The van der Waals surface area contributed by atoms with Crippen molar-refractivity contribution in [2.75, 3.05) is 26.3 Å². The van der Waals surface area contributed by atoms with E-state index < -0.39 is 0 Å². The third kappa shape index (κ3) is 5.30.